The summed E-state index contributed by atoms with van der Waals surface area (Å²) in [5.74, 6) is 0.768. The number of aromatic nitrogens is 2. The molecule has 2 aromatic rings. The van der Waals surface area contributed by atoms with Gasteiger partial charge in [0.05, 0.1) is 0 Å². The topological polar surface area (TPSA) is 28.7 Å². The normalized spacial score (nSPS) is 11.5. The Morgan fingerprint density at radius 2 is 2.06 bits per heavy atom. The third-order valence-electron chi connectivity index (χ3n) is 2.35. The highest BCUT2D eigenvalue weighted by atomic mass is 35.6. The van der Waals surface area contributed by atoms with E-state index >= 15 is 0 Å². The fraction of sp³-hybridized carbons (Fsp3) is 0.0833. The molecule has 0 bridgehead atoms. The summed E-state index contributed by atoms with van der Waals surface area (Å²) in [5.41, 5.74) is 2.30. The number of benzene rings is 1. The van der Waals surface area contributed by atoms with Gasteiger partial charge in [-0.3, -0.25) is 0 Å². The third-order valence-corrected chi connectivity index (χ3v) is 2.96. The van der Waals surface area contributed by atoms with Gasteiger partial charge in [0.2, 0.25) is 3.79 Å². The Morgan fingerprint density at radius 3 is 2.59 bits per heavy atom. The van der Waals surface area contributed by atoms with Gasteiger partial charge >= 0.3 is 0 Å². The van der Waals surface area contributed by atoms with E-state index in [0.29, 0.717) is 5.56 Å². The Labute approximate surface area is 114 Å². The number of hydrogen-bond donors (Lipinski definition) is 1. The summed E-state index contributed by atoms with van der Waals surface area (Å²) in [7, 11) is 0. The van der Waals surface area contributed by atoms with Crippen molar-refractivity contribution in [3.8, 4) is 11.4 Å². The molecule has 0 spiro atoms. The maximum atomic E-state index is 5.88. The molecule has 0 aliphatic heterocycles. The van der Waals surface area contributed by atoms with Crippen LogP contribution in [-0.4, -0.2) is 9.97 Å². The molecule has 17 heavy (non-hydrogen) atoms. The predicted octanol–water partition coefficient (Wildman–Crippen LogP) is 4.55. The van der Waals surface area contributed by atoms with Crippen molar-refractivity contribution >= 4 is 40.9 Å². The van der Waals surface area contributed by atoms with Crippen LogP contribution in [0.25, 0.3) is 17.5 Å². The number of aromatic amines is 1. The summed E-state index contributed by atoms with van der Waals surface area (Å²) >= 11 is 17.6. The molecule has 0 radical (unpaired) electrons. The molecule has 1 aromatic heterocycles. The molecule has 1 N–H and O–H groups in total. The van der Waals surface area contributed by atoms with Gasteiger partial charge < -0.3 is 4.98 Å². The van der Waals surface area contributed by atoms with Crippen LogP contribution in [0.2, 0.25) is 0 Å². The van der Waals surface area contributed by atoms with Crippen LogP contribution in [0.3, 0.4) is 0 Å². The van der Waals surface area contributed by atoms with E-state index in [-0.39, 0.29) is 0 Å². The van der Waals surface area contributed by atoms with Crippen LogP contribution in [0.5, 0.6) is 0 Å². The van der Waals surface area contributed by atoms with Crippen LogP contribution in [0, 0.1) is 0 Å². The van der Waals surface area contributed by atoms with Gasteiger partial charge in [0, 0.05) is 23.5 Å². The van der Waals surface area contributed by atoms with Crippen molar-refractivity contribution in [3.05, 3.63) is 48.3 Å². The number of imidazole rings is 1. The van der Waals surface area contributed by atoms with Crippen LogP contribution in [-0.2, 0) is 3.79 Å². The Hall–Kier alpha value is -0.960. The largest absolute Gasteiger partial charge is 0.345 e. The molecule has 0 atom stereocenters. The fourth-order valence-electron chi connectivity index (χ4n) is 1.56. The highest BCUT2D eigenvalue weighted by Crippen LogP contribution is 2.41. The predicted molar refractivity (Wildman–Crippen MR) is 73.4 cm³/mol. The zero-order chi connectivity index (χ0) is 12.5. The van der Waals surface area contributed by atoms with Gasteiger partial charge in [0.1, 0.15) is 5.82 Å². The fourth-order valence-corrected chi connectivity index (χ4v) is 2.08. The molecule has 88 valence electrons. The lowest BCUT2D eigenvalue weighted by Crippen LogP contribution is -2.03. The molecule has 0 aliphatic carbocycles. The molecular weight excluding hydrogens is 279 g/mol. The maximum absolute atomic E-state index is 5.88. The molecular formula is C12H9Cl3N2. The lowest BCUT2D eigenvalue weighted by Gasteiger charge is -2.15. The first-order valence-electron chi connectivity index (χ1n) is 4.86. The van der Waals surface area contributed by atoms with Crippen molar-refractivity contribution in [2.75, 3.05) is 0 Å². The van der Waals surface area contributed by atoms with E-state index in [1.165, 1.54) is 0 Å². The number of nitrogens with one attached hydrogen (secondary N) is 1. The molecule has 2 nitrogen and oxygen atoms in total. The van der Waals surface area contributed by atoms with Crippen molar-refractivity contribution in [2.24, 2.45) is 0 Å². The van der Waals surface area contributed by atoms with Crippen LogP contribution in [0.4, 0.5) is 0 Å². The number of rotatable bonds is 2. The zero-order valence-corrected chi connectivity index (χ0v) is 11.0. The van der Waals surface area contributed by atoms with Crippen LogP contribution >= 0.6 is 34.8 Å². The second-order valence-electron chi connectivity index (χ2n) is 3.44. The van der Waals surface area contributed by atoms with Crippen LogP contribution in [0.15, 0.2) is 37.2 Å². The SMILES string of the molecule is C=Cc1cc(-c2ncc[nH]2)ccc1C(Cl)(Cl)Cl. The summed E-state index contributed by atoms with van der Waals surface area (Å²) in [6.07, 6.45) is 5.10. The molecule has 0 aliphatic rings. The number of H-pyrrole nitrogens is 1. The van der Waals surface area contributed by atoms with E-state index in [9.17, 15) is 0 Å². The molecule has 0 saturated heterocycles. The van der Waals surface area contributed by atoms with E-state index in [4.69, 9.17) is 34.8 Å². The van der Waals surface area contributed by atoms with Gasteiger partial charge in [0.25, 0.3) is 0 Å². The molecule has 0 amide bonds. The van der Waals surface area contributed by atoms with Gasteiger partial charge in [-0.1, -0.05) is 59.6 Å². The Morgan fingerprint density at radius 1 is 1.29 bits per heavy atom. The minimum atomic E-state index is -1.45. The van der Waals surface area contributed by atoms with Gasteiger partial charge in [-0.2, -0.15) is 0 Å². The minimum absolute atomic E-state index is 0.604. The number of nitrogens with zero attached hydrogens (tertiary/aromatic N) is 1. The first-order chi connectivity index (χ1) is 8.02. The molecule has 1 aromatic carbocycles. The van der Waals surface area contributed by atoms with E-state index in [1.54, 1.807) is 24.5 Å². The first-order valence-corrected chi connectivity index (χ1v) is 5.99. The van der Waals surface area contributed by atoms with Gasteiger partial charge in [-0.25, -0.2) is 4.98 Å². The van der Waals surface area contributed by atoms with E-state index in [1.807, 2.05) is 12.1 Å². The van der Waals surface area contributed by atoms with Crippen LogP contribution < -0.4 is 0 Å². The summed E-state index contributed by atoms with van der Waals surface area (Å²) in [5, 5.41) is 0. The highest BCUT2D eigenvalue weighted by Gasteiger charge is 2.25. The quantitative estimate of drug-likeness (QED) is 0.807. The van der Waals surface area contributed by atoms with E-state index in [2.05, 4.69) is 16.5 Å². The molecule has 0 fully saturated rings. The third kappa shape index (κ3) is 2.65. The van der Waals surface area contributed by atoms with Crippen LogP contribution in [0.1, 0.15) is 11.1 Å². The van der Waals surface area contributed by atoms with Gasteiger partial charge in [-0.15, -0.1) is 0 Å². The Kier molecular flexibility index (Phi) is 3.48. The maximum Gasteiger partial charge on any atom is 0.216 e. The molecule has 0 unspecified atom stereocenters. The van der Waals surface area contributed by atoms with Crippen molar-refractivity contribution in [3.63, 3.8) is 0 Å². The monoisotopic (exact) mass is 286 g/mol. The van der Waals surface area contributed by atoms with Gasteiger partial charge in [-0.05, 0) is 11.6 Å². The summed E-state index contributed by atoms with van der Waals surface area (Å²) < 4.78 is -1.45. The summed E-state index contributed by atoms with van der Waals surface area (Å²) in [4.78, 5) is 7.18. The van der Waals surface area contributed by atoms with Crippen molar-refractivity contribution < 1.29 is 0 Å². The second-order valence-corrected chi connectivity index (χ2v) is 5.72. The second kappa shape index (κ2) is 4.73. The number of hydrogen-bond acceptors (Lipinski definition) is 1. The molecule has 0 saturated carbocycles. The van der Waals surface area contributed by atoms with Crippen molar-refractivity contribution in [1.29, 1.82) is 0 Å². The van der Waals surface area contributed by atoms with E-state index < -0.39 is 3.79 Å². The van der Waals surface area contributed by atoms with Crippen molar-refractivity contribution in [1.82, 2.24) is 9.97 Å². The Balaban J connectivity index is 2.52. The minimum Gasteiger partial charge on any atom is -0.345 e. The zero-order valence-electron chi connectivity index (χ0n) is 8.75. The average Bonchev–Trinajstić information content (AvgIpc) is 2.80. The first kappa shape index (κ1) is 12.5. The number of halogens is 3. The highest BCUT2D eigenvalue weighted by molar-refractivity contribution is 6.66. The smallest absolute Gasteiger partial charge is 0.216 e. The summed E-state index contributed by atoms with van der Waals surface area (Å²) in [6.45, 7) is 3.72. The molecule has 1 heterocycles. The van der Waals surface area contributed by atoms with Crippen molar-refractivity contribution in [2.45, 2.75) is 3.79 Å². The lowest BCUT2D eigenvalue weighted by atomic mass is 10.0. The Bertz CT molecular complexity index is 527. The number of alkyl halides is 3. The molecule has 5 heteroatoms. The standard InChI is InChI=1S/C12H9Cl3N2/c1-2-8-7-9(11-16-5-6-17-11)3-4-10(8)12(13,14)15/h2-7H,1H2,(H,16,17). The molecule has 2 rings (SSSR count). The van der Waals surface area contributed by atoms with Gasteiger partial charge in [0.15, 0.2) is 0 Å². The lowest BCUT2D eigenvalue weighted by molar-refractivity contribution is 1.22. The van der Waals surface area contributed by atoms with E-state index in [0.717, 1.165) is 17.0 Å². The summed E-state index contributed by atoms with van der Waals surface area (Å²) in [6, 6.07) is 5.49. The average molecular weight is 288 g/mol.